The van der Waals surface area contributed by atoms with Crippen molar-refractivity contribution in [1.82, 2.24) is 9.97 Å². The van der Waals surface area contributed by atoms with E-state index in [9.17, 15) is 0 Å². The van der Waals surface area contributed by atoms with Gasteiger partial charge in [0, 0.05) is 45.6 Å². The Bertz CT molecular complexity index is 737. The summed E-state index contributed by atoms with van der Waals surface area (Å²) in [7, 11) is 0. The van der Waals surface area contributed by atoms with Crippen molar-refractivity contribution in [1.29, 1.82) is 0 Å². The number of hydrogen-bond acceptors (Lipinski definition) is 5. The minimum absolute atomic E-state index is 0.162. The van der Waals surface area contributed by atoms with Crippen LogP contribution in [0, 0.1) is 6.92 Å². The normalized spacial score (nSPS) is 12.5. The standard InChI is InChI=1S/C15H16N4S/c1-9-7-11-12(8-18-9)13(16)3-4-14(11)19-10(2)15-17-5-6-20-15/h3-8,10,19H,16H2,1-2H3. The number of nitrogens with zero attached hydrogens (tertiary/aromatic N) is 2. The molecule has 0 aliphatic carbocycles. The molecule has 5 heteroatoms. The highest BCUT2D eigenvalue weighted by molar-refractivity contribution is 7.09. The highest BCUT2D eigenvalue weighted by Gasteiger charge is 2.11. The quantitative estimate of drug-likeness (QED) is 0.719. The Morgan fingerprint density at radius 1 is 1.25 bits per heavy atom. The lowest BCUT2D eigenvalue weighted by Crippen LogP contribution is -2.07. The molecule has 2 heterocycles. The zero-order valence-corrected chi connectivity index (χ0v) is 12.2. The molecule has 102 valence electrons. The van der Waals surface area contributed by atoms with Crippen molar-refractivity contribution in [2.45, 2.75) is 19.9 Å². The number of fused-ring (bicyclic) bond motifs is 1. The molecule has 0 aliphatic rings. The van der Waals surface area contributed by atoms with Crippen LogP contribution in [-0.4, -0.2) is 9.97 Å². The summed E-state index contributed by atoms with van der Waals surface area (Å²) in [5.74, 6) is 0. The van der Waals surface area contributed by atoms with E-state index in [-0.39, 0.29) is 6.04 Å². The second-order valence-electron chi connectivity index (χ2n) is 4.81. The first-order valence-electron chi connectivity index (χ1n) is 6.46. The van der Waals surface area contributed by atoms with Crippen LogP contribution in [-0.2, 0) is 0 Å². The van der Waals surface area contributed by atoms with Gasteiger partial charge in [-0.25, -0.2) is 4.98 Å². The molecule has 4 nitrogen and oxygen atoms in total. The molecule has 20 heavy (non-hydrogen) atoms. The molecule has 0 amide bonds. The van der Waals surface area contributed by atoms with Crippen molar-refractivity contribution in [3.63, 3.8) is 0 Å². The van der Waals surface area contributed by atoms with Gasteiger partial charge in [0.1, 0.15) is 5.01 Å². The molecule has 1 unspecified atom stereocenters. The molecule has 0 saturated carbocycles. The Labute approximate surface area is 121 Å². The summed E-state index contributed by atoms with van der Waals surface area (Å²) in [4.78, 5) is 8.67. The summed E-state index contributed by atoms with van der Waals surface area (Å²) in [5, 5.41) is 8.64. The Morgan fingerprint density at radius 2 is 2.10 bits per heavy atom. The molecule has 2 aromatic heterocycles. The van der Waals surface area contributed by atoms with Gasteiger partial charge in [-0.1, -0.05) is 0 Å². The van der Waals surface area contributed by atoms with Crippen LogP contribution in [0.15, 0.2) is 36.0 Å². The number of thiazole rings is 1. The van der Waals surface area contributed by atoms with E-state index < -0.39 is 0 Å². The van der Waals surface area contributed by atoms with Crippen molar-refractivity contribution in [3.05, 3.63) is 46.7 Å². The van der Waals surface area contributed by atoms with E-state index in [1.165, 1.54) is 0 Å². The van der Waals surface area contributed by atoms with E-state index in [4.69, 9.17) is 5.73 Å². The molecule has 3 aromatic rings. The van der Waals surface area contributed by atoms with Crippen LogP contribution in [0.5, 0.6) is 0 Å². The van der Waals surface area contributed by atoms with E-state index in [1.54, 1.807) is 11.3 Å². The summed E-state index contributed by atoms with van der Waals surface area (Å²) in [6, 6.07) is 6.15. The Hall–Kier alpha value is -2.14. The summed E-state index contributed by atoms with van der Waals surface area (Å²) in [5.41, 5.74) is 8.81. The van der Waals surface area contributed by atoms with Gasteiger partial charge in [-0.2, -0.15) is 0 Å². The smallest absolute Gasteiger partial charge is 0.115 e. The topological polar surface area (TPSA) is 63.8 Å². The fraction of sp³-hybridized carbons (Fsp3) is 0.200. The third-order valence-corrected chi connectivity index (χ3v) is 4.22. The van der Waals surface area contributed by atoms with Gasteiger partial charge in [0.2, 0.25) is 0 Å². The number of hydrogen-bond donors (Lipinski definition) is 2. The Morgan fingerprint density at radius 3 is 2.85 bits per heavy atom. The molecule has 0 fully saturated rings. The maximum atomic E-state index is 6.02. The van der Waals surface area contributed by atoms with Crippen LogP contribution >= 0.6 is 11.3 Å². The van der Waals surface area contributed by atoms with E-state index in [0.29, 0.717) is 0 Å². The van der Waals surface area contributed by atoms with Gasteiger partial charge >= 0.3 is 0 Å². The summed E-state index contributed by atoms with van der Waals surface area (Å²) in [6.07, 6.45) is 3.66. The Balaban J connectivity index is 2.03. The van der Waals surface area contributed by atoms with Crippen LogP contribution in [0.1, 0.15) is 23.7 Å². The van der Waals surface area contributed by atoms with Gasteiger partial charge < -0.3 is 11.1 Å². The number of nitrogens with two attached hydrogens (primary N) is 1. The van der Waals surface area contributed by atoms with Gasteiger partial charge in [0.25, 0.3) is 0 Å². The molecule has 3 N–H and O–H groups in total. The van der Waals surface area contributed by atoms with Crippen LogP contribution in [0.25, 0.3) is 10.8 Å². The number of pyridine rings is 1. The molecule has 0 aliphatic heterocycles. The first-order chi connectivity index (χ1) is 9.65. The van der Waals surface area contributed by atoms with Crippen molar-refractivity contribution in [2.24, 2.45) is 0 Å². The predicted molar refractivity (Wildman–Crippen MR) is 85.0 cm³/mol. The second kappa shape index (κ2) is 5.09. The van der Waals surface area contributed by atoms with Gasteiger partial charge in [0.15, 0.2) is 0 Å². The lowest BCUT2D eigenvalue weighted by Gasteiger charge is -2.16. The lowest BCUT2D eigenvalue weighted by atomic mass is 10.1. The summed E-state index contributed by atoms with van der Waals surface area (Å²) < 4.78 is 0. The van der Waals surface area contributed by atoms with Crippen LogP contribution in [0.3, 0.4) is 0 Å². The summed E-state index contributed by atoms with van der Waals surface area (Å²) in [6.45, 7) is 4.09. The predicted octanol–water partition coefficient (Wildman–Crippen LogP) is 3.76. The molecule has 0 bridgehead atoms. The maximum absolute atomic E-state index is 6.02. The molecule has 1 atom stereocenters. The lowest BCUT2D eigenvalue weighted by molar-refractivity contribution is 0.871. The van der Waals surface area contributed by atoms with Crippen molar-refractivity contribution in [2.75, 3.05) is 11.1 Å². The third-order valence-electron chi connectivity index (χ3n) is 3.27. The minimum Gasteiger partial charge on any atom is -0.398 e. The van der Waals surface area contributed by atoms with E-state index in [1.807, 2.05) is 36.8 Å². The fourth-order valence-corrected chi connectivity index (χ4v) is 2.88. The maximum Gasteiger partial charge on any atom is 0.115 e. The Kier molecular flexibility index (Phi) is 3.28. The van der Waals surface area contributed by atoms with Gasteiger partial charge in [-0.15, -0.1) is 11.3 Å². The number of anilines is 2. The average Bonchev–Trinajstić information content (AvgIpc) is 2.96. The number of benzene rings is 1. The highest BCUT2D eigenvalue weighted by atomic mass is 32.1. The van der Waals surface area contributed by atoms with E-state index in [0.717, 1.165) is 32.8 Å². The summed E-state index contributed by atoms with van der Waals surface area (Å²) >= 11 is 1.65. The molecule has 0 radical (unpaired) electrons. The number of aryl methyl sites for hydroxylation is 1. The van der Waals surface area contributed by atoms with Crippen LogP contribution < -0.4 is 11.1 Å². The first kappa shape index (κ1) is 12.9. The van der Waals surface area contributed by atoms with Gasteiger partial charge in [-0.3, -0.25) is 4.98 Å². The van der Waals surface area contributed by atoms with Gasteiger partial charge in [0.05, 0.1) is 6.04 Å². The SMILES string of the molecule is Cc1cc2c(NC(C)c3nccs3)ccc(N)c2cn1. The molecule has 1 aromatic carbocycles. The number of rotatable bonds is 3. The molecular weight excluding hydrogens is 268 g/mol. The zero-order chi connectivity index (χ0) is 14.1. The molecule has 0 spiro atoms. The fourth-order valence-electron chi connectivity index (χ4n) is 2.23. The molecule has 3 rings (SSSR count). The third kappa shape index (κ3) is 2.32. The van der Waals surface area contributed by atoms with Crippen molar-refractivity contribution < 1.29 is 0 Å². The molecule has 0 saturated heterocycles. The number of nitrogen functional groups attached to an aromatic ring is 1. The number of nitrogens with one attached hydrogen (secondary N) is 1. The minimum atomic E-state index is 0.162. The van der Waals surface area contributed by atoms with E-state index >= 15 is 0 Å². The monoisotopic (exact) mass is 284 g/mol. The zero-order valence-electron chi connectivity index (χ0n) is 11.4. The van der Waals surface area contributed by atoms with Gasteiger partial charge in [-0.05, 0) is 32.0 Å². The molecular formula is C15H16N4S. The second-order valence-corrected chi connectivity index (χ2v) is 5.74. The largest absolute Gasteiger partial charge is 0.398 e. The van der Waals surface area contributed by atoms with Crippen LogP contribution in [0.2, 0.25) is 0 Å². The van der Waals surface area contributed by atoms with E-state index in [2.05, 4.69) is 28.3 Å². The van der Waals surface area contributed by atoms with Crippen LogP contribution in [0.4, 0.5) is 11.4 Å². The number of aromatic nitrogens is 2. The highest BCUT2D eigenvalue weighted by Crippen LogP contribution is 2.31. The van der Waals surface area contributed by atoms with Crippen molar-refractivity contribution >= 4 is 33.5 Å². The average molecular weight is 284 g/mol. The van der Waals surface area contributed by atoms with Crippen molar-refractivity contribution in [3.8, 4) is 0 Å². The first-order valence-corrected chi connectivity index (χ1v) is 7.34.